The van der Waals surface area contributed by atoms with Gasteiger partial charge in [-0.15, -0.1) is 0 Å². The number of nitrogens with zero attached hydrogens (tertiary/aromatic N) is 1. The number of ether oxygens (including phenoxy) is 2. The number of methoxy groups -OCH3 is 1. The van der Waals surface area contributed by atoms with Gasteiger partial charge < -0.3 is 19.7 Å². The lowest BCUT2D eigenvalue weighted by Crippen LogP contribution is -2.41. The van der Waals surface area contributed by atoms with Gasteiger partial charge >= 0.3 is 0 Å². The summed E-state index contributed by atoms with van der Waals surface area (Å²) in [6.45, 7) is 10.5. The molecule has 0 radical (unpaired) electrons. The number of piperidine rings is 1. The normalized spacial score (nSPS) is 20.1. The van der Waals surface area contributed by atoms with Gasteiger partial charge in [0.15, 0.2) is 0 Å². The Labute approximate surface area is 164 Å². The number of hydrogen-bond donors (Lipinski definition) is 1. The van der Waals surface area contributed by atoms with E-state index in [-0.39, 0.29) is 5.91 Å². The number of benzene rings is 1. The smallest absolute Gasteiger partial charge is 0.256 e. The van der Waals surface area contributed by atoms with Gasteiger partial charge in [0.2, 0.25) is 0 Å². The molecule has 5 heteroatoms. The summed E-state index contributed by atoms with van der Waals surface area (Å²) in [5.74, 6) is 1.54. The van der Waals surface area contributed by atoms with Crippen molar-refractivity contribution in [2.75, 3.05) is 38.7 Å². The zero-order chi connectivity index (χ0) is 19.7. The maximum absolute atomic E-state index is 12.5. The topological polar surface area (TPSA) is 50.8 Å². The third-order valence-electron chi connectivity index (χ3n) is 5.40. The lowest BCUT2D eigenvalue weighted by molar-refractivity contribution is -0.136. The van der Waals surface area contributed by atoms with Gasteiger partial charge in [0, 0.05) is 25.9 Å². The third kappa shape index (κ3) is 6.82. The van der Waals surface area contributed by atoms with Gasteiger partial charge in [-0.3, -0.25) is 4.79 Å². The number of amides is 1. The highest BCUT2D eigenvalue weighted by molar-refractivity contribution is 5.97. The fourth-order valence-corrected chi connectivity index (χ4v) is 3.65. The lowest BCUT2D eigenvalue weighted by atomic mass is 9.99. The Bertz CT molecular complexity index is 575. The molecule has 1 saturated heterocycles. The number of nitrogens with one attached hydrogen (secondary N) is 1. The van der Waals surface area contributed by atoms with Crippen molar-refractivity contribution in [1.82, 2.24) is 4.90 Å². The van der Waals surface area contributed by atoms with Gasteiger partial charge in [-0.25, -0.2) is 0 Å². The Morgan fingerprint density at radius 2 is 2.07 bits per heavy atom. The molecule has 0 unspecified atom stereocenters. The molecule has 2 rings (SSSR count). The summed E-state index contributed by atoms with van der Waals surface area (Å²) < 4.78 is 11.3. The molecule has 1 N–H and O–H groups in total. The molecule has 1 aliphatic rings. The zero-order valence-corrected chi connectivity index (χ0v) is 17.4. The molecule has 1 aromatic carbocycles. The summed E-state index contributed by atoms with van der Waals surface area (Å²) in [6.07, 6.45) is 5.29. The van der Waals surface area contributed by atoms with Crippen molar-refractivity contribution < 1.29 is 14.3 Å². The van der Waals surface area contributed by atoms with E-state index >= 15 is 0 Å². The molecular formula is C22H36N2O3. The summed E-state index contributed by atoms with van der Waals surface area (Å²) in [7, 11) is 1.58. The van der Waals surface area contributed by atoms with Gasteiger partial charge in [0.25, 0.3) is 5.91 Å². The number of carbonyl (C=O) groups excluding carboxylic acids is 1. The number of anilines is 1. The van der Waals surface area contributed by atoms with E-state index in [1.807, 2.05) is 38.1 Å². The standard InChI is InChI=1S/C22H36N2O3/c1-5-13-22(3,26-4)21(25)23-19-9-11-20(12-10-19)27-16-7-15-24-14-6-8-18(2)17-24/h9-12,18H,5-8,13-17H2,1-4H3,(H,23,25)/t18-,22+/m1/s1. The van der Waals surface area contributed by atoms with Crippen molar-refractivity contribution in [3.05, 3.63) is 24.3 Å². The molecule has 0 aromatic heterocycles. The van der Waals surface area contributed by atoms with Gasteiger partial charge in [0.1, 0.15) is 11.4 Å². The van der Waals surface area contributed by atoms with Crippen LogP contribution in [0.25, 0.3) is 0 Å². The molecule has 1 amide bonds. The van der Waals surface area contributed by atoms with Crippen LogP contribution in [0.1, 0.15) is 52.9 Å². The van der Waals surface area contributed by atoms with Crippen LogP contribution < -0.4 is 10.1 Å². The fourth-order valence-electron chi connectivity index (χ4n) is 3.65. The molecule has 0 saturated carbocycles. The average molecular weight is 377 g/mol. The molecule has 27 heavy (non-hydrogen) atoms. The van der Waals surface area contributed by atoms with E-state index in [4.69, 9.17) is 9.47 Å². The Hall–Kier alpha value is -1.59. The summed E-state index contributed by atoms with van der Waals surface area (Å²) >= 11 is 0. The molecular weight excluding hydrogens is 340 g/mol. The molecule has 1 heterocycles. The highest BCUT2D eigenvalue weighted by atomic mass is 16.5. The quantitative estimate of drug-likeness (QED) is 0.618. The molecule has 1 aromatic rings. The van der Waals surface area contributed by atoms with Crippen molar-refractivity contribution in [2.24, 2.45) is 5.92 Å². The van der Waals surface area contributed by atoms with Crippen molar-refractivity contribution in [2.45, 2.75) is 58.5 Å². The fraction of sp³-hybridized carbons (Fsp3) is 0.682. The van der Waals surface area contributed by atoms with E-state index in [0.717, 1.165) is 43.3 Å². The predicted octanol–water partition coefficient (Wildman–Crippen LogP) is 4.33. The molecule has 1 aliphatic heterocycles. The summed E-state index contributed by atoms with van der Waals surface area (Å²) in [4.78, 5) is 15.0. The number of rotatable bonds is 10. The second-order valence-electron chi connectivity index (χ2n) is 7.91. The van der Waals surface area contributed by atoms with Crippen LogP contribution in [0.4, 0.5) is 5.69 Å². The van der Waals surface area contributed by atoms with Crippen LogP contribution in [-0.4, -0.2) is 49.8 Å². The van der Waals surface area contributed by atoms with Crippen LogP contribution in [0.5, 0.6) is 5.75 Å². The Morgan fingerprint density at radius 3 is 2.70 bits per heavy atom. The van der Waals surface area contributed by atoms with E-state index in [0.29, 0.717) is 6.42 Å². The largest absolute Gasteiger partial charge is 0.494 e. The minimum atomic E-state index is -0.796. The summed E-state index contributed by atoms with van der Waals surface area (Å²) in [6, 6.07) is 7.56. The molecule has 0 bridgehead atoms. The molecule has 2 atom stereocenters. The minimum Gasteiger partial charge on any atom is -0.494 e. The van der Waals surface area contributed by atoms with Crippen LogP contribution in [0.15, 0.2) is 24.3 Å². The van der Waals surface area contributed by atoms with Crippen molar-refractivity contribution in [1.29, 1.82) is 0 Å². The maximum atomic E-state index is 12.5. The molecule has 1 fully saturated rings. The molecule has 0 spiro atoms. The van der Waals surface area contributed by atoms with Crippen molar-refractivity contribution in [3.63, 3.8) is 0 Å². The van der Waals surface area contributed by atoms with Gasteiger partial charge in [-0.2, -0.15) is 0 Å². The van der Waals surface area contributed by atoms with Crippen LogP contribution in [-0.2, 0) is 9.53 Å². The molecule has 152 valence electrons. The molecule has 0 aliphatic carbocycles. The third-order valence-corrected chi connectivity index (χ3v) is 5.40. The Kier molecular flexibility index (Phi) is 8.58. The van der Waals surface area contributed by atoms with E-state index in [1.165, 1.54) is 25.9 Å². The Balaban J connectivity index is 1.74. The van der Waals surface area contributed by atoms with Gasteiger partial charge in [-0.05, 0) is 69.3 Å². The number of hydrogen-bond acceptors (Lipinski definition) is 4. The van der Waals surface area contributed by atoms with E-state index < -0.39 is 5.60 Å². The van der Waals surface area contributed by atoms with Crippen LogP contribution >= 0.6 is 0 Å². The second-order valence-corrected chi connectivity index (χ2v) is 7.91. The van der Waals surface area contributed by atoms with Crippen molar-refractivity contribution in [3.8, 4) is 5.75 Å². The monoisotopic (exact) mass is 376 g/mol. The van der Waals surface area contributed by atoms with Crippen LogP contribution in [0.2, 0.25) is 0 Å². The van der Waals surface area contributed by atoms with Gasteiger partial charge in [-0.1, -0.05) is 20.3 Å². The van der Waals surface area contributed by atoms with Gasteiger partial charge in [0.05, 0.1) is 6.61 Å². The average Bonchev–Trinajstić information content (AvgIpc) is 2.66. The first-order valence-corrected chi connectivity index (χ1v) is 10.3. The number of likely N-dealkylation sites (tertiary alicyclic amines) is 1. The maximum Gasteiger partial charge on any atom is 0.256 e. The minimum absolute atomic E-state index is 0.115. The SMILES string of the molecule is CCC[C@](C)(OC)C(=O)Nc1ccc(OCCCN2CCC[C@@H](C)C2)cc1. The Morgan fingerprint density at radius 1 is 1.33 bits per heavy atom. The van der Waals surface area contributed by atoms with E-state index in [9.17, 15) is 4.79 Å². The highest BCUT2D eigenvalue weighted by Crippen LogP contribution is 2.21. The first-order valence-electron chi connectivity index (χ1n) is 10.3. The lowest BCUT2D eigenvalue weighted by Gasteiger charge is -2.30. The summed E-state index contributed by atoms with van der Waals surface area (Å²) in [5, 5.41) is 2.93. The second kappa shape index (κ2) is 10.7. The van der Waals surface area contributed by atoms with Crippen molar-refractivity contribution >= 4 is 11.6 Å². The summed E-state index contributed by atoms with van der Waals surface area (Å²) in [5.41, 5.74) is -0.0374. The predicted molar refractivity (Wildman–Crippen MR) is 110 cm³/mol. The van der Waals surface area contributed by atoms with E-state index in [2.05, 4.69) is 17.1 Å². The van der Waals surface area contributed by atoms with Crippen LogP contribution in [0, 0.1) is 5.92 Å². The first kappa shape index (κ1) is 21.7. The highest BCUT2D eigenvalue weighted by Gasteiger charge is 2.32. The molecule has 5 nitrogen and oxygen atoms in total. The number of carbonyl (C=O) groups is 1. The van der Waals surface area contributed by atoms with E-state index in [1.54, 1.807) is 7.11 Å². The van der Waals surface area contributed by atoms with Crippen LogP contribution in [0.3, 0.4) is 0 Å². The zero-order valence-electron chi connectivity index (χ0n) is 17.4. The first-order chi connectivity index (χ1) is 13.0.